The van der Waals surface area contributed by atoms with Gasteiger partial charge in [-0.2, -0.15) is 0 Å². The standard InChI is InChI=1S/C17H20N4O5/c1-10(15(23)21-17(25)18-2)26-14(22)9-5-8-13-19-12-7-4-3-6-11(12)16(24)20-13/h3-4,6-7,10H,5,8-9H2,1-2H3,(H,19,20,24)(H2,18,21,23,25). The Morgan fingerprint density at radius 3 is 2.73 bits per heavy atom. The van der Waals surface area contributed by atoms with Gasteiger partial charge in [0.15, 0.2) is 6.10 Å². The van der Waals surface area contributed by atoms with Gasteiger partial charge in [0.25, 0.3) is 11.5 Å². The van der Waals surface area contributed by atoms with Gasteiger partial charge < -0.3 is 15.0 Å². The van der Waals surface area contributed by atoms with Gasteiger partial charge in [-0.05, 0) is 25.5 Å². The number of benzene rings is 1. The highest BCUT2D eigenvalue weighted by atomic mass is 16.5. The molecule has 0 aliphatic rings. The lowest BCUT2D eigenvalue weighted by Crippen LogP contribution is -2.43. The lowest BCUT2D eigenvalue weighted by atomic mass is 10.2. The van der Waals surface area contributed by atoms with E-state index < -0.39 is 24.0 Å². The highest BCUT2D eigenvalue weighted by molar-refractivity contribution is 5.96. The van der Waals surface area contributed by atoms with Crippen LogP contribution in [0.2, 0.25) is 0 Å². The second-order valence-electron chi connectivity index (χ2n) is 5.58. The molecule has 0 radical (unpaired) electrons. The highest BCUT2D eigenvalue weighted by Gasteiger charge is 2.19. The van der Waals surface area contributed by atoms with E-state index in [2.05, 4.69) is 15.3 Å². The van der Waals surface area contributed by atoms with Crippen LogP contribution in [0.4, 0.5) is 4.79 Å². The quantitative estimate of drug-likeness (QED) is 0.648. The molecule has 3 N–H and O–H groups in total. The summed E-state index contributed by atoms with van der Waals surface area (Å²) in [6.07, 6.45) is -0.259. The number of H-pyrrole nitrogens is 1. The van der Waals surface area contributed by atoms with Gasteiger partial charge in [0.1, 0.15) is 5.82 Å². The van der Waals surface area contributed by atoms with Gasteiger partial charge in [-0.3, -0.25) is 19.7 Å². The fraction of sp³-hybridized carbons (Fsp3) is 0.353. The summed E-state index contributed by atoms with van der Waals surface area (Å²) in [4.78, 5) is 53.4. The number of esters is 1. The van der Waals surface area contributed by atoms with E-state index in [1.165, 1.54) is 14.0 Å². The number of para-hydroxylation sites is 1. The van der Waals surface area contributed by atoms with Crippen LogP contribution in [0.5, 0.6) is 0 Å². The van der Waals surface area contributed by atoms with Crippen molar-refractivity contribution in [3.63, 3.8) is 0 Å². The second kappa shape index (κ2) is 8.75. The Balaban J connectivity index is 1.84. The van der Waals surface area contributed by atoms with E-state index in [-0.39, 0.29) is 12.0 Å². The third-order valence-corrected chi connectivity index (χ3v) is 3.60. The number of ether oxygens (including phenoxy) is 1. The number of nitrogens with one attached hydrogen (secondary N) is 3. The van der Waals surface area contributed by atoms with Crippen LogP contribution in [0.1, 0.15) is 25.6 Å². The molecule has 26 heavy (non-hydrogen) atoms. The van der Waals surface area contributed by atoms with Gasteiger partial charge >= 0.3 is 12.0 Å². The molecule has 1 atom stereocenters. The Hall–Kier alpha value is -3.23. The van der Waals surface area contributed by atoms with Crippen molar-refractivity contribution in [1.29, 1.82) is 0 Å². The number of aryl methyl sites for hydroxylation is 1. The molecule has 1 aromatic heterocycles. The summed E-state index contributed by atoms with van der Waals surface area (Å²) in [6, 6.07) is 6.31. The van der Waals surface area contributed by atoms with Crippen molar-refractivity contribution in [2.45, 2.75) is 32.3 Å². The van der Waals surface area contributed by atoms with Crippen molar-refractivity contribution in [2.75, 3.05) is 7.05 Å². The minimum absolute atomic E-state index is 0.0497. The van der Waals surface area contributed by atoms with E-state index in [1.54, 1.807) is 24.3 Å². The molecule has 1 heterocycles. The number of urea groups is 1. The number of aromatic nitrogens is 2. The van der Waals surface area contributed by atoms with E-state index in [0.717, 1.165) is 0 Å². The first-order chi connectivity index (χ1) is 12.4. The molecule has 0 aliphatic heterocycles. The van der Waals surface area contributed by atoms with Crippen molar-refractivity contribution >= 4 is 28.8 Å². The number of nitrogens with zero attached hydrogens (tertiary/aromatic N) is 1. The number of imide groups is 1. The van der Waals surface area contributed by atoms with Gasteiger partial charge in [0, 0.05) is 19.9 Å². The van der Waals surface area contributed by atoms with Crippen LogP contribution in [-0.2, 0) is 20.7 Å². The lowest BCUT2D eigenvalue weighted by Gasteiger charge is -2.12. The topological polar surface area (TPSA) is 130 Å². The lowest BCUT2D eigenvalue weighted by molar-refractivity contribution is -0.154. The molecule has 0 bridgehead atoms. The molecule has 9 heteroatoms. The summed E-state index contributed by atoms with van der Waals surface area (Å²) in [5, 5.41) is 4.76. The van der Waals surface area contributed by atoms with E-state index in [9.17, 15) is 19.2 Å². The molecular formula is C17H20N4O5. The number of carbonyl (C=O) groups is 3. The number of carbonyl (C=O) groups excluding carboxylic acids is 3. The smallest absolute Gasteiger partial charge is 0.321 e. The molecule has 3 amide bonds. The second-order valence-corrected chi connectivity index (χ2v) is 5.58. The summed E-state index contributed by atoms with van der Waals surface area (Å²) >= 11 is 0. The summed E-state index contributed by atoms with van der Waals surface area (Å²) in [7, 11) is 1.37. The van der Waals surface area contributed by atoms with Crippen molar-refractivity contribution < 1.29 is 19.1 Å². The fourth-order valence-electron chi connectivity index (χ4n) is 2.24. The molecule has 2 rings (SSSR count). The maximum atomic E-state index is 12.0. The van der Waals surface area contributed by atoms with Crippen LogP contribution >= 0.6 is 0 Å². The molecule has 1 unspecified atom stereocenters. The van der Waals surface area contributed by atoms with Gasteiger partial charge in [-0.15, -0.1) is 0 Å². The molecule has 138 valence electrons. The molecule has 2 aromatic rings. The summed E-state index contributed by atoms with van der Waals surface area (Å²) in [6.45, 7) is 1.37. The average molecular weight is 360 g/mol. The van der Waals surface area contributed by atoms with E-state index in [0.29, 0.717) is 29.6 Å². The first-order valence-electron chi connectivity index (χ1n) is 8.10. The zero-order chi connectivity index (χ0) is 19.1. The van der Waals surface area contributed by atoms with Crippen LogP contribution in [0.25, 0.3) is 10.9 Å². The van der Waals surface area contributed by atoms with Crippen molar-refractivity contribution in [3.05, 3.63) is 40.4 Å². The molecule has 9 nitrogen and oxygen atoms in total. The first kappa shape index (κ1) is 19.1. The molecule has 0 saturated heterocycles. The van der Waals surface area contributed by atoms with Crippen molar-refractivity contribution in [2.24, 2.45) is 0 Å². The van der Waals surface area contributed by atoms with E-state index >= 15 is 0 Å². The molecule has 1 aromatic carbocycles. The largest absolute Gasteiger partial charge is 0.453 e. The summed E-state index contributed by atoms with van der Waals surface area (Å²) < 4.78 is 4.97. The third kappa shape index (κ3) is 5.13. The van der Waals surface area contributed by atoms with Crippen LogP contribution in [0.3, 0.4) is 0 Å². The Morgan fingerprint density at radius 2 is 2.00 bits per heavy atom. The third-order valence-electron chi connectivity index (χ3n) is 3.60. The van der Waals surface area contributed by atoms with Crippen LogP contribution < -0.4 is 16.2 Å². The van der Waals surface area contributed by atoms with E-state index in [4.69, 9.17) is 4.74 Å². The molecular weight excluding hydrogens is 340 g/mol. The highest BCUT2D eigenvalue weighted by Crippen LogP contribution is 2.08. The Labute approximate surface area is 149 Å². The predicted molar refractivity (Wildman–Crippen MR) is 93.5 cm³/mol. The van der Waals surface area contributed by atoms with Gasteiger partial charge in [-0.1, -0.05) is 12.1 Å². The number of hydrogen-bond acceptors (Lipinski definition) is 6. The maximum absolute atomic E-state index is 12.0. The number of rotatable bonds is 6. The minimum atomic E-state index is -1.08. The Bertz CT molecular complexity index is 877. The number of amides is 3. The first-order valence-corrected chi connectivity index (χ1v) is 8.10. The zero-order valence-corrected chi connectivity index (χ0v) is 14.5. The fourth-order valence-corrected chi connectivity index (χ4v) is 2.24. The summed E-state index contributed by atoms with van der Waals surface area (Å²) in [5.41, 5.74) is 0.362. The Kier molecular flexibility index (Phi) is 6.42. The molecule has 0 saturated carbocycles. The maximum Gasteiger partial charge on any atom is 0.321 e. The van der Waals surface area contributed by atoms with Crippen LogP contribution in [0, 0.1) is 0 Å². The average Bonchev–Trinajstić information content (AvgIpc) is 2.61. The predicted octanol–water partition coefficient (Wildman–Crippen LogP) is 0.633. The monoisotopic (exact) mass is 360 g/mol. The SMILES string of the molecule is CNC(=O)NC(=O)C(C)OC(=O)CCCc1nc2ccccc2c(=O)[nH]1. The van der Waals surface area contributed by atoms with E-state index in [1.807, 2.05) is 5.32 Å². The van der Waals surface area contributed by atoms with Crippen molar-refractivity contribution in [3.8, 4) is 0 Å². The zero-order valence-electron chi connectivity index (χ0n) is 14.5. The van der Waals surface area contributed by atoms with Crippen LogP contribution in [0.15, 0.2) is 29.1 Å². The van der Waals surface area contributed by atoms with Gasteiger partial charge in [0.05, 0.1) is 10.9 Å². The molecule has 0 aliphatic carbocycles. The number of aromatic amines is 1. The minimum Gasteiger partial charge on any atom is -0.453 e. The normalized spacial score (nSPS) is 11.6. The van der Waals surface area contributed by atoms with Gasteiger partial charge in [0.2, 0.25) is 0 Å². The van der Waals surface area contributed by atoms with Gasteiger partial charge in [-0.25, -0.2) is 9.78 Å². The number of hydrogen-bond donors (Lipinski definition) is 3. The molecule has 0 spiro atoms. The van der Waals surface area contributed by atoms with Crippen LogP contribution in [-0.4, -0.2) is 41.0 Å². The summed E-state index contributed by atoms with van der Waals surface area (Å²) in [5.74, 6) is -0.808. The molecule has 0 fully saturated rings. The number of fused-ring (bicyclic) bond motifs is 1. The van der Waals surface area contributed by atoms with Crippen molar-refractivity contribution in [1.82, 2.24) is 20.6 Å². The Morgan fingerprint density at radius 1 is 1.27 bits per heavy atom.